The van der Waals surface area contributed by atoms with Crippen molar-refractivity contribution in [1.29, 1.82) is 0 Å². The van der Waals surface area contributed by atoms with Gasteiger partial charge < -0.3 is 19.6 Å². The number of benzene rings is 1. The zero-order valence-electron chi connectivity index (χ0n) is 20.0. The largest absolute Gasteiger partial charge is 0.353 e. The molecule has 2 aromatic heterocycles. The quantitative estimate of drug-likeness (QED) is 0.447. The molecule has 1 fully saturated rings. The number of piperidine rings is 1. The van der Waals surface area contributed by atoms with E-state index >= 15 is 0 Å². The molecule has 1 aliphatic rings. The molecule has 0 saturated carbocycles. The molecule has 182 valence electrons. The minimum Gasteiger partial charge on any atom is -0.353 e. The van der Waals surface area contributed by atoms with Crippen molar-refractivity contribution in [2.75, 3.05) is 33.9 Å². The van der Waals surface area contributed by atoms with Crippen molar-refractivity contribution >= 4 is 44.5 Å². The number of aromatic nitrogens is 2. The number of nitrogens with zero attached hydrogens (tertiary/aromatic N) is 3. The lowest BCUT2D eigenvalue weighted by atomic mass is 9.95. The molecule has 8 nitrogen and oxygen atoms in total. The third-order valence-electron chi connectivity index (χ3n) is 6.42. The van der Waals surface area contributed by atoms with Crippen LogP contribution in [-0.2, 0) is 21.2 Å². The molecule has 1 aromatic carbocycles. The first kappa shape index (κ1) is 24.1. The van der Waals surface area contributed by atoms with Crippen LogP contribution in [0.1, 0.15) is 38.7 Å². The van der Waals surface area contributed by atoms with Crippen LogP contribution in [0.25, 0.3) is 10.9 Å². The van der Waals surface area contributed by atoms with Gasteiger partial charge in [0.1, 0.15) is 17.9 Å². The number of aromatic amines is 1. The number of aldehydes is 1. The summed E-state index contributed by atoms with van der Waals surface area (Å²) in [7, 11) is -3.35. The second-order valence-corrected chi connectivity index (χ2v) is 10.7. The molecule has 0 aliphatic carbocycles. The average molecular weight is 484 g/mol. The van der Waals surface area contributed by atoms with Gasteiger partial charge in [-0.05, 0) is 61.6 Å². The highest BCUT2D eigenvalue weighted by molar-refractivity contribution is 7.92. The number of carbonyl (C=O) groups is 1. The lowest BCUT2D eigenvalue weighted by Gasteiger charge is -2.43. The Balaban J connectivity index is 1.57. The summed E-state index contributed by atoms with van der Waals surface area (Å²) in [6, 6.07) is 11.5. The van der Waals surface area contributed by atoms with Crippen LogP contribution in [0.5, 0.6) is 0 Å². The van der Waals surface area contributed by atoms with E-state index in [1.807, 2.05) is 24.4 Å². The average Bonchev–Trinajstić information content (AvgIpc) is 3.24. The molecule has 1 saturated heterocycles. The standard InChI is InChI=1S/C25H33N5O3S/c1-4-12-30(25-18(5-2)7-6-11-26-25)21-10-13-29(22(16-21)17-31)24-15-19-14-20(28-34(3,32)33)8-9-23(19)27-24/h6-9,11,14-15,17,21-22,27-28H,4-5,10,12-13,16H2,1-3H3. The molecule has 9 heteroatoms. The van der Waals surface area contributed by atoms with E-state index in [0.29, 0.717) is 5.69 Å². The highest BCUT2D eigenvalue weighted by Gasteiger charge is 2.33. The maximum Gasteiger partial charge on any atom is 0.229 e. The molecule has 2 unspecified atom stereocenters. The summed E-state index contributed by atoms with van der Waals surface area (Å²) >= 11 is 0. The molecule has 3 heterocycles. The number of H-pyrrole nitrogens is 1. The monoisotopic (exact) mass is 483 g/mol. The van der Waals surface area contributed by atoms with E-state index in [9.17, 15) is 13.2 Å². The number of fused-ring (bicyclic) bond motifs is 1. The Morgan fingerprint density at radius 1 is 1.26 bits per heavy atom. The van der Waals surface area contributed by atoms with Crippen molar-refractivity contribution in [1.82, 2.24) is 9.97 Å². The summed E-state index contributed by atoms with van der Waals surface area (Å²) in [5.74, 6) is 1.91. The smallest absolute Gasteiger partial charge is 0.229 e. The van der Waals surface area contributed by atoms with Gasteiger partial charge in [-0.25, -0.2) is 13.4 Å². The number of hydrogen-bond acceptors (Lipinski definition) is 6. The van der Waals surface area contributed by atoms with Crippen LogP contribution < -0.4 is 14.5 Å². The van der Waals surface area contributed by atoms with E-state index in [4.69, 9.17) is 4.98 Å². The van der Waals surface area contributed by atoms with Crippen molar-refractivity contribution < 1.29 is 13.2 Å². The van der Waals surface area contributed by atoms with Gasteiger partial charge in [0.15, 0.2) is 0 Å². The number of sulfonamides is 1. The third kappa shape index (κ3) is 5.19. The molecule has 0 radical (unpaired) electrons. The van der Waals surface area contributed by atoms with E-state index < -0.39 is 10.0 Å². The van der Waals surface area contributed by atoms with E-state index in [-0.39, 0.29) is 12.1 Å². The lowest BCUT2D eigenvalue weighted by molar-refractivity contribution is -0.109. The predicted octanol–water partition coefficient (Wildman–Crippen LogP) is 3.95. The first-order valence-corrected chi connectivity index (χ1v) is 13.7. The highest BCUT2D eigenvalue weighted by atomic mass is 32.2. The topological polar surface area (TPSA) is 98.4 Å². The molecule has 2 N–H and O–H groups in total. The zero-order valence-corrected chi connectivity index (χ0v) is 20.8. The Hall–Kier alpha value is -3.07. The van der Waals surface area contributed by atoms with Crippen molar-refractivity contribution in [2.24, 2.45) is 0 Å². The molecular weight excluding hydrogens is 450 g/mol. The van der Waals surface area contributed by atoms with Gasteiger partial charge in [0.2, 0.25) is 10.0 Å². The van der Waals surface area contributed by atoms with Crippen LogP contribution in [-0.4, -0.2) is 56.1 Å². The van der Waals surface area contributed by atoms with Gasteiger partial charge in [-0.15, -0.1) is 0 Å². The Morgan fingerprint density at radius 3 is 2.79 bits per heavy atom. The van der Waals surface area contributed by atoms with Gasteiger partial charge in [0.05, 0.1) is 12.3 Å². The van der Waals surface area contributed by atoms with Gasteiger partial charge >= 0.3 is 0 Å². The molecule has 1 aliphatic heterocycles. The molecule has 0 bridgehead atoms. The minimum absolute atomic E-state index is 0.238. The predicted molar refractivity (Wildman–Crippen MR) is 138 cm³/mol. The Labute approximate surface area is 201 Å². The van der Waals surface area contributed by atoms with Crippen LogP contribution in [0.3, 0.4) is 0 Å². The number of aryl methyl sites for hydroxylation is 1. The van der Waals surface area contributed by atoms with Crippen molar-refractivity contribution in [3.05, 3.63) is 48.2 Å². The highest BCUT2D eigenvalue weighted by Crippen LogP contribution is 2.32. The lowest BCUT2D eigenvalue weighted by Crippen LogP contribution is -2.51. The van der Waals surface area contributed by atoms with Crippen molar-refractivity contribution in [3.8, 4) is 0 Å². The molecule has 0 spiro atoms. The summed E-state index contributed by atoms with van der Waals surface area (Å²) in [5.41, 5.74) is 2.65. The molecule has 34 heavy (non-hydrogen) atoms. The first-order valence-electron chi connectivity index (χ1n) is 11.9. The molecular formula is C25H33N5O3S. The zero-order chi connectivity index (χ0) is 24.3. The van der Waals surface area contributed by atoms with Crippen molar-refractivity contribution in [3.63, 3.8) is 0 Å². The van der Waals surface area contributed by atoms with Crippen LogP contribution in [0.4, 0.5) is 17.3 Å². The van der Waals surface area contributed by atoms with E-state index in [1.165, 1.54) is 5.56 Å². The number of pyridine rings is 1. The summed E-state index contributed by atoms with van der Waals surface area (Å²) in [5, 5.41) is 0.893. The summed E-state index contributed by atoms with van der Waals surface area (Å²) in [4.78, 5) is 24.8. The minimum atomic E-state index is -3.35. The fourth-order valence-electron chi connectivity index (χ4n) is 4.91. The first-order chi connectivity index (χ1) is 16.3. The van der Waals surface area contributed by atoms with E-state index in [0.717, 1.165) is 73.9 Å². The van der Waals surface area contributed by atoms with Gasteiger partial charge in [-0.1, -0.05) is 19.9 Å². The van der Waals surface area contributed by atoms with Gasteiger partial charge in [-0.2, -0.15) is 0 Å². The fraction of sp³-hybridized carbons (Fsp3) is 0.440. The Morgan fingerprint density at radius 2 is 2.09 bits per heavy atom. The number of rotatable bonds is 9. The second kappa shape index (κ2) is 10.0. The third-order valence-corrected chi connectivity index (χ3v) is 7.03. The Kier molecular flexibility index (Phi) is 7.11. The second-order valence-electron chi connectivity index (χ2n) is 8.94. The molecule has 2 atom stereocenters. The number of hydrogen-bond donors (Lipinski definition) is 2. The summed E-state index contributed by atoms with van der Waals surface area (Å²) in [6.07, 6.45) is 7.59. The van der Waals surface area contributed by atoms with Gasteiger partial charge in [-0.3, -0.25) is 4.72 Å². The van der Waals surface area contributed by atoms with Crippen LogP contribution >= 0.6 is 0 Å². The SMILES string of the molecule is CCCN(c1ncccc1CC)C1CCN(c2cc3cc(NS(C)(=O)=O)ccc3[nH]2)C(C=O)C1. The molecule has 4 rings (SSSR count). The van der Waals surface area contributed by atoms with Crippen molar-refractivity contribution in [2.45, 2.75) is 51.6 Å². The van der Waals surface area contributed by atoms with Crippen LogP contribution in [0.2, 0.25) is 0 Å². The fourth-order valence-corrected chi connectivity index (χ4v) is 5.46. The van der Waals surface area contributed by atoms with E-state index in [2.05, 4.69) is 39.4 Å². The maximum absolute atomic E-state index is 12.2. The number of anilines is 3. The number of carbonyl (C=O) groups excluding carboxylic acids is 1. The normalized spacial score (nSPS) is 18.7. The van der Waals surface area contributed by atoms with Gasteiger partial charge in [0.25, 0.3) is 0 Å². The molecule has 3 aromatic rings. The maximum atomic E-state index is 12.2. The van der Waals surface area contributed by atoms with Gasteiger partial charge in [0, 0.05) is 41.9 Å². The van der Waals surface area contributed by atoms with Crippen LogP contribution in [0.15, 0.2) is 42.6 Å². The molecule has 0 amide bonds. The summed E-state index contributed by atoms with van der Waals surface area (Å²) in [6.45, 7) is 5.96. The summed E-state index contributed by atoms with van der Waals surface area (Å²) < 4.78 is 25.7. The Bertz CT molecular complexity index is 1260. The van der Waals surface area contributed by atoms with E-state index in [1.54, 1.807) is 12.1 Å². The number of nitrogens with one attached hydrogen (secondary N) is 2. The van der Waals surface area contributed by atoms with Crippen LogP contribution in [0, 0.1) is 0 Å².